The number of allylic oxidation sites excluding steroid dienone is 2. The van der Waals surface area contributed by atoms with Crippen LogP contribution in [0.25, 0.3) is 0 Å². The highest BCUT2D eigenvalue weighted by molar-refractivity contribution is 6.22. The molecule has 0 radical (unpaired) electrons. The van der Waals surface area contributed by atoms with Gasteiger partial charge in [0.15, 0.2) is 0 Å². The fourth-order valence-electron chi connectivity index (χ4n) is 4.16. The van der Waals surface area contributed by atoms with Crippen LogP contribution in [0.5, 0.6) is 5.75 Å². The third-order valence-corrected chi connectivity index (χ3v) is 5.12. The van der Waals surface area contributed by atoms with E-state index in [1.165, 1.54) is 11.8 Å². The number of ether oxygens (including phenoxy) is 1. The lowest BCUT2D eigenvalue weighted by molar-refractivity contribution is -0.132. The molecular weight excluding hydrogens is 294 g/mol. The van der Waals surface area contributed by atoms with Gasteiger partial charge in [0.05, 0.1) is 17.5 Å². The zero-order chi connectivity index (χ0) is 16.1. The van der Waals surface area contributed by atoms with Crippen molar-refractivity contribution in [3.8, 4) is 5.75 Å². The number of fused-ring (bicyclic) bond motifs is 1. The van der Waals surface area contributed by atoms with Crippen molar-refractivity contribution in [3.63, 3.8) is 0 Å². The molecule has 1 aromatic carbocycles. The number of hydrogen-bond donors (Lipinski definition) is 0. The predicted molar refractivity (Wildman–Crippen MR) is 82.6 cm³/mol. The minimum atomic E-state index is -0.403. The van der Waals surface area contributed by atoms with Crippen molar-refractivity contribution in [2.45, 2.75) is 19.8 Å². The molecule has 2 bridgehead atoms. The van der Waals surface area contributed by atoms with Gasteiger partial charge in [-0.15, -0.1) is 0 Å². The number of rotatable bonds is 2. The first kappa shape index (κ1) is 14.2. The van der Waals surface area contributed by atoms with Crippen LogP contribution in [0, 0.1) is 23.7 Å². The molecule has 2 amide bonds. The summed E-state index contributed by atoms with van der Waals surface area (Å²) in [6.45, 7) is 1.33. The number of imide groups is 1. The van der Waals surface area contributed by atoms with Gasteiger partial charge < -0.3 is 4.74 Å². The van der Waals surface area contributed by atoms with Crippen LogP contribution < -0.4 is 9.64 Å². The molecule has 1 saturated carbocycles. The van der Waals surface area contributed by atoms with Crippen molar-refractivity contribution in [2.24, 2.45) is 23.7 Å². The lowest BCUT2D eigenvalue weighted by atomic mass is 9.63. The standard InChI is InChI=1S/C18H17NO4/c1-10(20)23-14-8-6-13(7-9-14)19-17(21)15-11-2-3-12(5-4-11)16(15)18(19)22/h2-3,6-9,11-12,15-16H,4-5H2,1H3/t11-,12-,15-,16+/m0/s1. The first-order chi connectivity index (χ1) is 11.1. The zero-order valence-corrected chi connectivity index (χ0v) is 12.8. The quantitative estimate of drug-likeness (QED) is 0.364. The number of carbonyl (C=O) groups excluding carboxylic acids is 3. The molecule has 4 atom stereocenters. The highest BCUT2D eigenvalue weighted by Gasteiger charge is 2.56. The molecular formula is C18H17NO4. The van der Waals surface area contributed by atoms with Gasteiger partial charge >= 0.3 is 5.97 Å². The lowest BCUT2D eigenvalue weighted by Crippen LogP contribution is -2.38. The Morgan fingerprint density at radius 1 is 1.00 bits per heavy atom. The Balaban J connectivity index is 1.64. The normalized spacial score (nSPS) is 31.4. The minimum Gasteiger partial charge on any atom is -0.427 e. The Morgan fingerprint density at radius 2 is 1.52 bits per heavy atom. The summed E-state index contributed by atoms with van der Waals surface area (Å²) < 4.78 is 4.99. The fraction of sp³-hybridized carbons (Fsp3) is 0.389. The van der Waals surface area contributed by atoms with Crippen molar-refractivity contribution in [1.29, 1.82) is 0 Å². The smallest absolute Gasteiger partial charge is 0.308 e. The monoisotopic (exact) mass is 311 g/mol. The molecule has 1 aliphatic heterocycles. The Labute approximate surface area is 133 Å². The number of esters is 1. The molecule has 5 heteroatoms. The van der Waals surface area contributed by atoms with E-state index >= 15 is 0 Å². The van der Waals surface area contributed by atoms with Gasteiger partial charge in [-0.05, 0) is 48.9 Å². The van der Waals surface area contributed by atoms with Gasteiger partial charge in [-0.3, -0.25) is 19.3 Å². The van der Waals surface area contributed by atoms with Crippen molar-refractivity contribution in [2.75, 3.05) is 4.90 Å². The van der Waals surface area contributed by atoms with Gasteiger partial charge in [0.25, 0.3) is 0 Å². The maximum Gasteiger partial charge on any atom is 0.308 e. The molecule has 118 valence electrons. The van der Waals surface area contributed by atoms with E-state index in [0.29, 0.717) is 11.4 Å². The largest absolute Gasteiger partial charge is 0.427 e. The van der Waals surface area contributed by atoms with E-state index < -0.39 is 5.97 Å². The van der Waals surface area contributed by atoms with Gasteiger partial charge in [0.2, 0.25) is 11.8 Å². The third kappa shape index (κ3) is 2.11. The highest BCUT2D eigenvalue weighted by Crippen LogP contribution is 2.50. The summed E-state index contributed by atoms with van der Waals surface area (Å²) >= 11 is 0. The molecule has 0 aromatic heterocycles. The molecule has 5 nitrogen and oxygen atoms in total. The molecule has 0 spiro atoms. The molecule has 4 aliphatic rings. The molecule has 1 aromatic rings. The first-order valence-corrected chi connectivity index (χ1v) is 7.91. The van der Waals surface area contributed by atoms with Crippen molar-refractivity contribution in [3.05, 3.63) is 36.4 Å². The second kappa shape index (κ2) is 5.05. The molecule has 2 fully saturated rings. The summed E-state index contributed by atoms with van der Waals surface area (Å²) in [7, 11) is 0. The molecule has 1 saturated heterocycles. The van der Waals surface area contributed by atoms with E-state index in [4.69, 9.17) is 4.74 Å². The lowest BCUT2D eigenvalue weighted by Gasteiger charge is -2.38. The number of carbonyl (C=O) groups is 3. The topological polar surface area (TPSA) is 63.7 Å². The van der Waals surface area contributed by atoms with Crippen LogP contribution in [0.4, 0.5) is 5.69 Å². The average Bonchev–Trinajstić information content (AvgIpc) is 2.83. The van der Waals surface area contributed by atoms with E-state index in [9.17, 15) is 14.4 Å². The highest BCUT2D eigenvalue weighted by atomic mass is 16.5. The Morgan fingerprint density at radius 3 is 1.96 bits per heavy atom. The van der Waals surface area contributed by atoms with Crippen molar-refractivity contribution in [1.82, 2.24) is 0 Å². The van der Waals surface area contributed by atoms with Crippen LogP contribution >= 0.6 is 0 Å². The maximum atomic E-state index is 12.8. The van der Waals surface area contributed by atoms with Gasteiger partial charge in [0.1, 0.15) is 5.75 Å². The number of amides is 2. The summed E-state index contributed by atoms with van der Waals surface area (Å²) in [6, 6.07) is 6.51. The van der Waals surface area contributed by atoms with Gasteiger partial charge in [-0.25, -0.2) is 0 Å². The van der Waals surface area contributed by atoms with Gasteiger partial charge in [0, 0.05) is 6.92 Å². The summed E-state index contributed by atoms with van der Waals surface area (Å²) in [4.78, 5) is 37.8. The Kier molecular flexibility index (Phi) is 3.11. The Bertz CT molecular complexity index is 689. The minimum absolute atomic E-state index is 0.0979. The van der Waals surface area contributed by atoms with Crippen molar-refractivity contribution >= 4 is 23.5 Å². The predicted octanol–water partition coefficient (Wildman–Crippen LogP) is 2.31. The molecule has 3 aliphatic carbocycles. The van der Waals surface area contributed by atoms with Crippen LogP contribution in [-0.2, 0) is 14.4 Å². The van der Waals surface area contributed by atoms with Crippen LogP contribution in [0.3, 0.4) is 0 Å². The second-order valence-electron chi connectivity index (χ2n) is 6.44. The van der Waals surface area contributed by atoms with Crippen LogP contribution in [-0.4, -0.2) is 17.8 Å². The zero-order valence-electron chi connectivity index (χ0n) is 12.8. The number of hydrogen-bond acceptors (Lipinski definition) is 4. The van der Waals surface area contributed by atoms with E-state index in [1.807, 2.05) is 0 Å². The van der Waals surface area contributed by atoms with Crippen LogP contribution in [0.2, 0.25) is 0 Å². The average molecular weight is 311 g/mol. The van der Waals surface area contributed by atoms with E-state index in [2.05, 4.69) is 12.2 Å². The van der Waals surface area contributed by atoms with Gasteiger partial charge in [-0.1, -0.05) is 12.2 Å². The van der Waals surface area contributed by atoms with Crippen LogP contribution in [0.15, 0.2) is 36.4 Å². The summed E-state index contributed by atoms with van der Waals surface area (Å²) in [5.74, 6) is -0.241. The molecule has 1 heterocycles. The molecule has 23 heavy (non-hydrogen) atoms. The maximum absolute atomic E-state index is 12.8. The van der Waals surface area contributed by atoms with E-state index in [-0.39, 0.29) is 35.5 Å². The Hall–Kier alpha value is -2.43. The van der Waals surface area contributed by atoms with Crippen molar-refractivity contribution < 1.29 is 19.1 Å². The van der Waals surface area contributed by atoms with E-state index in [1.54, 1.807) is 24.3 Å². The SMILES string of the molecule is CC(=O)Oc1ccc(N2C(=O)[C@@H]3[C@H](C2=O)[C@H]2C=C[C@H]3CC2)cc1. The summed E-state index contributed by atoms with van der Waals surface area (Å²) in [5.41, 5.74) is 0.546. The van der Waals surface area contributed by atoms with E-state index in [0.717, 1.165) is 12.8 Å². The number of nitrogens with zero attached hydrogens (tertiary/aromatic N) is 1. The molecule has 5 rings (SSSR count). The fourth-order valence-corrected chi connectivity index (χ4v) is 4.16. The van der Waals surface area contributed by atoms with Crippen LogP contribution in [0.1, 0.15) is 19.8 Å². The number of benzene rings is 1. The molecule has 0 unspecified atom stereocenters. The second-order valence-corrected chi connectivity index (χ2v) is 6.44. The number of anilines is 1. The molecule has 0 N–H and O–H groups in total. The first-order valence-electron chi connectivity index (χ1n) is 7.91. The summed E-state index contributed by atoms with van der Waals surface area (Å²) in [5, 5.41) is 0. The summed E-state index contributed by atoms with van der Waals surface area (Å²) in [6.07, 6.45) is 6.18. The third-order valence-electron chi connectivity index (χ3n) is 5.12. The van der Waals surface area contributed by atoms with Gasteiger partial charge in [-0.2, -0.15) is 0 Å².